The highest BCUT2D eigenvalue weighted by Gasteiger charge is 2.15. The number of rotatable bonds is 3. The normalized spacial score (nSPS) is 12.8. The maximum absolute atomic E-state index is 13.1. The van der Waals surface area contributed by atoms with E-state index in [1.807, 2.05) is 24.3 Å². The Hall–Kier alpha value is -1.65. The van der Waals surface area contributed by atoms with Crippen LogP contribution in [0.3, 0.4) is 0 Å². The Kier molecular flexibility index (Phi) is 3.59. The third-order valence-electron chi connectivity index (χ3n) is 3.16. The largest absolute Gasteiger partial charge is 0.457 e. The van der Waals surface area contributed by atoms with Crippen molar-refractivity contribution in [2.45, 2.75) is 12.5 Å². The second kappa shape index (κ2) is 5.38. The van der Waals surface area contributed by atoms with Gasteiger partial charge in [0.2, 0.25) is 0 Å². The number of aliphatic hydroxyl groups excluding tert-OH is 1. The minimum absolute atomic E-state index is 0.304. The van der Waals surface area contributed by atoms with Gasteiger partial charge in [0, 0.05) is 11.8 Å². The topological polar surface area (TPSA) is 33.4 Å². The molecule has 1 atom stereocenters. The summed E-state index contributed by atoms with van der Waals surface area (Å²) in [6, 6.07) is 13.7. The fourth-order valence-corrected chi connectivity index (χ4v) is 2.66. The fourth-order valence-electron chi connectivity index (χ4n) is 2.20. The lowest BCUT2D eigenvalue weighted by Crippen LogP contribution is -2.00. The predicted octanol–water partition coefficient (Wildman–Crippen LogP) is 4.61. The molecule has 0 saturated carbocycles. The van der Waals surface area contributed by atoms with Gasteiger partial charge in [0.15, 0.2) is 0 Å². The van der Waals surface area contributed by atoms with Gasteiger partial charge >= 0.3 is 0 Å². The molecule has 2 nitrogen and oxygen atoms in total. The van der Waals surface area contributed by atoms with Gasteiger partial charge in [-0.1, -0.05) is 24.3 Å². The second-order valence-electron chi connectivity index (χ2n) is 4.66. The molecule has 0 bridgehead atoms. The molecule has 0 aliphatic carbocycles. The number of aliphatic hydroxyl groups is 1. The zero-order valence-corrected chi connectivity index (χ0v) is 12.1. The summed E-state index contributed by atoms with van der Waals surface area (Å²) in [7, 11) is 0. The summed E-state index contributed by atoms with van der Waals surface area (Å²) in [4.78, 5) is 0. The first kappa shape index (κ1) is 13.3. The first-order valence-electron chi connectivity index (χ1n) is 6.24. The molecular formula is C16H12BrFO2. The summed E-state index contributed by atoms with van der Waals surface area (Å²) in [5.74, 6) is 0.179. The van der Waals surface area contributed by atoms with Gasteiger partial charge in [0.05, 0.1) is 4.47 Å². The zero-order valence-electron chi connectivity index (χ0n) is 10.5. The maximum Gasteiger partial charge on any atom is 0.148 e. The Bertz CT molecular complexity index is 751. The van der Waals surface area contributed by atoms with Crippen LogP contribution < -0.4 is 0 Å². The van der Waals surface area contributed by atoms with Crippen LogP contribution in [0.5, 0.6) is 0 Å². The van der Waals surface area contributed by atoms with Crippen LogP contribution in [-0.4, -0.2) is 5.11 Å². The SMILES string of the molecule is OC(Cc1cccc(F)c1)c1cc2cccc(Br)c2o1. The molecule has 0 aliphatic heterocycles. The molecule has 3 rings (SSSR count). The summed E-state index contributed by atoms with van der Waals surface area (Å²) >= 11 is 3.41. The van der Waals surface area contributed by atoms with Crippen LogP contribution in [0, 0.1) is 5.82 Å². The van der Waals surface area contributed by atoms with Crippen molar-refractivity contribution in [2.75, 3.05) is 0 Å². The molecule has 0 fully saturated rings. The van der Waals surface area contributed by atoms with Crippen LogP contribution in [0.2, 0.25) is 0 Å². The van der Waals surface area contributed by atoms with Crippen molar-refractivity contribution in [2.24, 2.45) is 0 Å². The van der Waals surface area contributed by atoms with Gasteiger partial charge in [-0.3, -0.25) is 0 Å². The molecule has 0 amide bonds. The molecule has 0 spiro atoms. The van der Waals surface area contributed by atoms with E-state index in [1.54, 1.807) is 12.1 Å². The first-order chi connectivity index (χ1) is 9.63. The molecule has 4 heteroatoms. The van der Waals surface area contributed by atoms with Crippen LogP contribution in [0.4, 0.5) is 4.39 Å². The third kappa shape index (κ3) is 2.62. The van der Waals surface area contributed by atoms with E-state index in [2.05, 4.69) is 15.9 Å². The first-order valence-corrected chi connectivity index (χ1v) is 7.03. The highest BCUT2D eigenvalue weighted by molar-refractivity contribution is 9.10. The highest BCUT2D eigenvalue weighted by Crippen LogP contribution is 2.30. The van der Waals surface area contributed by atoms with Crippen molar-refractivity contribution in [3.63, 3.8) is 0 Å². The lowest BCUT2D eigenvalue weighted by Gasteiger charge is -2.07. The smallest absolute Gasteiger partial charge is 0.148 e. The summed E-state index contributed by atoms with van der Waals surface area (Å²) in [5, 5.41) is 11.1. The lowest BCUT2D eigenvalue weighted by atomic mass is 10.1. The van der Waals surface area contributed by atoms with Crippen molar-refractivity contribution in [3.05, 3.63) is 70.1 Å². The van der Waals surface area contributed by atoms with Crippen molar-refractivity contribution in [3.8, 4) is 0 Å². The van der Waals surface area contributed by atoms with Gasteiger partial charge < -0.3 is 9.52 Å². The number of hydrogen-bond acceptors (Lipinski definition) is 2. The number of benzene rings is 2. The third-order valence-corrected chi connectivity index (χ3v) is 3.79. The van der Waals surface area contributed by atoms with Crippen LogP contribution in [-0.2, 0) is 6.42 Å². The molecule has 0 radical (unpaired) electrons. The Morgan fingerprint density at radius 1 is 1.15 bits per heavy atom. The minimum Gasteiger partial charge on any atom is -0.457 e. The molecule has 3 aromatic rings. The van der Waals surface area contributed by atoms with E-state index in [0.29, 0.717) is 17.8 Å². The Morgan fingerprint density at radius 2 is 1.95 bits per heavy atom. The molecule has 2 aromatic carbocycles. The molecule has 20 heavy (non-hydrogen) atoms. The molecule has 1 unspecified atom stereocenters. The molecule has 0 aliphatic rings. The molecule has 102 valence electrons. The highest BCUT2D eigenvalue weighted by atomic mass is 79.9. The van der Waals surface area contributed by atoms with Gasteiger partial charge in [-0.25, -0.2) is 4.39 Å². The van der Waals surface area contributed by atoms with Crippen molar-refractivity contribution in [1.82, 2.24) is 0 Å². The van der Waals surface area contributed by atoms with E-state index in [9.17, 15) is 9.50 Å². The molecular weight excluding hydrogens is 323 g/mol. The van der Waals surface area contributed by atoms with Crippen molar-refractivity contribution in [1.29, 1.82) is 0 Å². The van der Waals surface area contributed by atoms with Gasteiger partial charge in [-0.2, -0.15) is 0 Å². The molecule has 1 heterocycles. The number of halogens is 2. The van der Waals surface area contributed by atoms with Crippen LogP contribution in [0.1, 0.15) is 17.4 Å². The Labute approximate surface area is 124 Å². The van der Waals surface area contributed by atoms with E-state index >= 15 is 0 Å². The minimum atomic E-state index is -0.795. The maximum atomic E-state index is 13.1. The summed E-state index contributed by atoms with van der Waals surface area (Å²) in [6.45, 7) is 0. The quantitative estimate of drug-likeness (QED) is 0.758. The Balaban J connectivity index is 1.89. The van der Waals surface area contributed by atoms with Crippen LogP contribution in [0.25, 0.3) is 11.0 Å². The average Bonchev–Trinajstić information content (AvgIpc) is 2.84. The standard InChI is InChI=1S/C16H12BrFO2/c17-13-6-2-4-11-9-15(20-16(11)13)14(19)8-10-3-1-5-12(18)7-10/h1-7,9,14,19H,8H2. The molecule has 1 N–H and O–H groups in total. The van der Waals surface area contributed by atoms with Gasteiger partial charge in [0.1, 0.15) is 23.3 Å². The summed E-state index contributed by atoms with van der Waals surface area (Å²) in [6.07, 6.45) is -0.481. The van der Waals surface area contributed by atoms with Gasteiger partial charge in [0.25, 0.3) is 0 Å². The Morgan fingerprint density at radius 3 is 2.70 bits per heavy atom. The average molecular weight is 335 g/mol. The van der Waals surface area contributed by atoms with E-state index in [4.69, 9.17) is 4.42 Å². The number of furan rings is 1. The predicted molar refractivity (Wildman–Crippen MR) is 79.0 cm³/mol. The summed E-state index contributed by atoms with van der Waals surface area (Å²) < 4.78 is 19.6. The summed E-state index contributed by atoms with van der Waals surface area (Å²) in [5.41, 5.74) is 1.44. The number of hydrogen-bond donors (Lipinski definition) is 1. The van der Waals surface area contributed by atoms with E-state index in [0.717, 1.165) is 15.4 Å². The second-order valence-corrected chi connectivity index (χ2v) is 5.51. The van der Waals surface area contributed by atoms with E-state index in [-0.39, 0.29) is 5.82 Å². The number of para-hydroxylation sites is 1. The van der Waals surface area contributed by atoms with Crippen LogP contribution >= 0.6 is 15.9 Å². The lowest BCUT2D eigenvalue weighted by molar-refractivity contribution is 0.152. The van der Waals surface area contributed by atoms with Crippen LogP contribution in [0.15, 0.2) is 57.4 Å². The van der Waals surface area contributed by atoms with E-state index in [1.165, 1.54) is 12.1 Å². The monoisotopic (exact) mass is 334 g/mol. The van der Waals surface area contributed by atoms with Gasteiger partial charge in [-0.15, -0.1) is 0 Å². The molecule has 0 saturated heterocycles. The number of fused-ring (bicyclic) bond motifs is 1. The zero-order chi connectivity index (χ0) is 14.1. The van der Waals surface area contributed by atoms with Crippen molar-refractivity contribution >= 4 is 26.9 Å². The van der Waals surface area contributed by atoms with Crippen molar-refractivity contribution < 1.29 is 13.9 Å². The fraction of sp³-hybridized carbons (Fsp3) is 0.125. The van der Waals surface area contributed by atoms with E-state index < -0.39 is 6.10 Å². The molecule has 1 aromatic heterocycles. The van der Waals surface area contributed by atoms with Gasteiger partial charge in [-0.05, 0) is 45.8 Å².